The van der Waals surface area contributed by atoms with Gasteiger partial charge in [0, 0.05) is 17.2 Å². The quantitative estimate of drug-likeness (QED) is 0.831. The number of aliphatic imine (C=N–C) groups is 1. The smallest absolute Gasteiger partial charge is 0.280 e. The highest BCUT2D eigenvalue weighted by Gasteiger charge is 2.35. The van der Waals surface area contributed by atoms with E-state index in [4.69, 9.17) is 0 Å². The topological polar surface area (TPSA) is 65.4 Å². The van der Waals surface area contributed by atoms with E-state index < -0.39 is 0 Å². The Morgan fingerprint density at radius 3 is 2.68 bits per heavy atom. The molecule has 1 unspecified atom stereocenters. The van der Waals surface area contributed by atoms with Gasteiger partial charge in [-0.25, -0.2) is 4.99 Å². The summed E-state index contributed by atoms with van der Waals surface area (Å²) >= 11 is 0. The number of hydrogen-bond donors (Lipinski definition) is 2. The number of hydrogen-bond acceptors (Lipinski definition) is 2. The number of carbonyl (C=O) groups excluding carboxylic acids is 1. The number of nitrogens with one attached hydrogen (secondary N) is 1. The highest BCUT2D eigenvalue weighted by molar-refractivity contribution is 6.29. The fourth-order valence-corrected chi connectivity index (χ4v) is 3.34. The van der Waals surface area contributed by atoms with Crippen LogP contribution >= 0.6 is 0 Å². The van der Waals surface area contributed by atoms with Crippen LogP contribution in [0.3, 0.4) is 0 Å². The number of amides is 1. The molecule has 2 aromatic rings. The van der Waals surface area contributed by atoms with Crippen LogP contribution in [0.15, 0.2) is 47.5 Å². The van der Waals surface area contributed by atoms with Crippen LogP contribution in [0.2, 0.25) is 0 Å². The summed E-state index contributed by atoms with van der Waals surface area (Å²) in [5, 5.41) is 10.3. The minimum absolute atomic E-state index is 0.0491. The van der Waals surface area contributed by atoms with Crippen molar-refractivity contribution >= 4 is 11.6 Å². The summed E-state index contributed by atoms with van der Waals surface area (Å²) in [5.74, 6) is 0.0388. The van der Waals surface area contributed by atoms with Crippen LogP contribution < -0.4 is 0 Å². The first-order valence-corrected chi connectivity index (χ1v) is 7.54. The van der Waals surface area contributed by atoms with Crippen LogP contribution in [-0.4, -0.2) is 21.7 Å². The molecular weight excluding hydrogens is 276 g/mol. The summed E-state index contributed by atoms with van der Waals surface area (Å²) in [4.78, 5) is 19.6. The third-order valence-corrected chi connectivity index (χ3v) is 4.40. The van der Waals surface area contributed by atoms with E-state index in [0.717, 1.165) is 30.5 Å². The van der Waals surface area contributed by atoms with Crippen LogP contribution in [0, 0.1) is 0 Å². The lowest BCUT2D eigenvalue weighted by Gasteiger charge is -2.17. The molecule has 0 fully saturated rings. The van der Waals surface area contributed by atoms with Gasteiger partial charge in [0.25, 0.3) is 5.91 Å². The fraction of sp³-hybridized carbons (Fsp3) is 0.222. The van der Waals surface area contributed by atoms with E-state index in [1.807, 2.05) is 30.3 Å². The molecule has 1 aliphatic heterocycles. The van der Waals surface area contributed by atoms with Crippen molar-refractivity contribution in [2.45, 2.75) is 25.2 Å². The molecule has 2 N–H and O–H groups in total. The summed E-state index contributed by atoms with van der Waals surface area (Å²) in [5.41, 5.74) is 3.35. The van der Waals surface area contributed by atoms with Gasteiger partial charge < -0.3 is 10.1 Å². The molecule has 0 radical (unpaired) electrons. The molecule has 4 nitrogen and oxygen atoms in total. The third-order valence-electron chi connectivity index (χ3n) is 4.40. The van der Waals surface area contributed by atoms with Gasteiger partial charge in [0.15, 0.2) is 5.88 Å². The lowest BCUT2D eigenvalue weighted by atomic mass is 9.88. The predicted molar refractivity (Wildman–Crippen MR) is 84.6 cm³/mol. The molecule has 110 valence electrons. The molecule has 2 heterocycles. The van der Waals surface area contributed by atoms with E-state index in [0.29, 0.717) is 16.8 Å². The largest absolute Gasteiger partial charge is 0.494 e. The van der Waals surface area contributed by atoms with Crippen molar-refractivity contribution in [1.29, 1.82) is 0 Å². The van der Waals surface area contributed by atoms with Crippen molar-refractivity contribution in [2.75, 3.05) is 0 Å². The fourth-order valence-electron chi connectivity index (χ4n) is 3.34. The van der Waals surface area contributed by atoms with Crippen LogP contribution in [0.25, 0.3) is 0 Å². The summed E-state index contributed by atoms with van der Waals surface area (Å²) in [6.07, 6.45) is 7.17. The Bertz CT molecular complexity index is 800. The number of rotatable bonds is 2. The molecule has 0 bridgehead atoms. The molecule has 22 heavy (non-hydrogen) atoms. The molecular formula is C18H16N2O2. The third kappa shape index (κ3) is 1.91. The van der Waals surface area contributed by atoms with Crippen LogP contribution in [-0.2, 0) is 0 Å². The Labute approximate surface area is 128 Å². The lowest BCUT2D eigenvalue weighted by Crippen LogP contribution is -2.06. The zero-order valence-electron chi connectivity index (χ0n) is 12.0. The second kappa shape index (κ2) is 4.98. The molecule has 1 aliphatic carbocycles. The minimum Gasteiger partial charge on any atom is -0.494 e. The van der Waals surface area contributed by atoms with Crippen LogP contribution in [0.5, 0.6) is 5.88 Å². The van der Waals surface area contributed by atoms with Crippen molar-refractivity contribution in [3.63, 3.8) is 0 Å². The van der Waals surface area contributed by atoms with Crippen molar-refractivity contribution in [2.24, 2.45) is 4.99 Å². The monoisotopic (exact) mass is 292 g/mol. The molecule has 4 rings (SSSR count). The van der Waals surface area contributed by atoms with Gasteiger partial charge in [-0.05, 0) is 19.3 Å². The molecule has 1 amide bonds. The van der Waals surface area contributed by atoms with E-state index in [1.54, 1.807) is 0 Å². The maximum absolute atomic E-state index is 12.4. The molecule has 0 spiro atoms. The Balaban J connectivity index is 1.83. The molecule has 1 atom stereocenters. The predicted octanol–water partition coefficient (Wildman–Crippen LogP) is 3.54. The number of aromatic nitrogens is 1. The Kier molecular flexibility index (Phi) is 2.96. The van der Waals surface area contributed by atoms with E-state index in [2.05, 4.69) is 22.1 Å². The van der Waals surface area contributed by atoms with Crippen molar-refractivity contribution in [1.82, 2.24) is 4.98 Å². The molecule has 0 saturated heterocycles. The average Bonchev–Trinajstić information content (AvgIpc) is 3.09. The normalized spacial score (nSPS) is 20.1. The van der Waals surface area contributed by atoms with Crippen molar-refractivity contribution < 1.29 is 9.90 Å². The highest BCUT2D eigenvalue weighted by atomic mass is 16.3. The summed E-state index contributed by atoms with van der Waals surface area (Å²) in [7, 11) is 0. The Morgan fingerprint density at radius 2 is 1.95 bits per heavy atom. The van der Waals surface area contributed by atoms with E-state index in [1.165, 1.54) is 0 Å². The number of fused-ring (bicyclic) bond motifs is 1. The summed E-state index contributed by atoms with van der Waals surface area (Å²) in [6, 6.07) is 9.51. The van der Waals surface area contributed by atoms with Gasteiger partial charge in [0.2, 0.25) is 0 Å². The van der Waals surface area contributed by atoms with E-state index in [9.17, 15) is 9.90 Å². The van der Waals surface area contributed by atoms with Crippen LogP contribution in [0.4, 0.5) is 0 Å². The number of benzene rings is 1. The first-order valence-electron chi connectivity index (χ1n) is 7.54. The number of H-pyrrole nitrogens is 1. The molecule has 1 aromatic heterocycles. The van der Waals surface area contributed by atoms with Gasteiger partial charge in [-0.3, -0.25) is 4.79 Å². The number of carbonyl (C=O) groups is 1. The zero-order valence-corrected chi connectivity index (χ0v) is 12.0. The van der Waals surface area contributed by atoms with Gasteiger partial charge >= 0.3 is 0 Å². The molecule has 4 heteroatoms. The van der Waals surface area contributed by atoms with Crippen molar-refractivity contribution in [3.8, 4) is 5.88 Å². The highest BCUT2D eigenvalue weighted by Crippen LogP contribution is 2.39. The van der Waals surface area contributed by atoms with Gasteiger partial charge in [-0.15, -0.1) is 0 Å². The van der Waals surface area contributed by atoms with Crippen LogP contribution in [0.1, 0.15) is 52.4 Å². The summed E-state index contributed by atoms with van der Waals surface area (Å²) < 4.78 is 0. The Morgan fingerprint density at radius 1 is 1.14 bits per heavy atom. The van der Waals surface area contributed by atoms with Gasteiger partial charge in [-0.2, -0.15) is 0 Å². The first kappa shape index (κ1) is 13.1. The average molecular weight is 292 g/mol. The molecule has 2 aliphatic rings. The SMILES string of the molecule is O=C1N=C(c2ccccc2)c2c(O)[nH]c(C3CC=CCC3)c21. The number of allylic oxidation sites excluding steroid dienone is 2. The number of aromatic amines is 1. The zero-order chi connectivity index (χ0) is 15.1. The maximum Gasteiger partial charge on any atom is 0.280 e. The standard InChI is InChI=1S/C18H16N2O2/c21-17-13-14(16(20-17)12-9-5-2-6-10-12)18(22)19-15(13)11-7-3-1-4-8-11/h1-5,7-8,12,20-21H,6,9-10H2. The van der Waals surface area contributed by atoms with Gasteiger partial charge in [0.1, 0.15) is 0 Å². The lowest BCUT2D eigenvalue weighted by molar-refractivity contribution is 0.100. The van der Waals surface area contributed by atoms with Crippen molar-refractivity contribution in [3.05, 3.63) is 64.9 Å². The molecule has 1 aromatic carbocycles. The van der Waals surface area contributed by atoms with E-state index >= 15 is 0 Å². The number of nitrogens with zero attached hydrogens (tertiary/aromatic N) is 1. The first-order chi connectivity index (χ1) is 10.8. The second-order valence-corrected chi connectivity index (χ2v) is 5.75. The number of aromatic hydroxyl groups is 1. The second-order valence-electron chi connectivity index (χ2n) is 5.75. The maximum atomic E-state index is 12.4. The molecule has 0 saturated carbocycles. The van der Waals surface area contributed by atoms with Gasteiger partial charge in [0.05, 0.1) is 16.8 Å². The Hall–Kier alpha value is -2.62. The van der Waals surface area contributed by atoms with E-state index in [-0.39, 0.29) is 17.7 Å². The minimum atomic E-state index is -0.255. The van der Waals surface area contributed by atoms with Gasteiger partial charge in [-0.1, -0.05) is 42.5 Å². The summed E-state index contributed by atoms with van der Waals surface area (Å²) in [6.45, 7) is 0.